The number of rotatable bonds is 6. The lowest BCUT2D eigenvalue weighted by molar-refractivity contribution is 0.0471. The smallest absolute Gasteiger partial charge is 0.201 e. The van der Waals surface area contributed by atoms with Gasteiger partial charge in [0.2, 0.25) is 5.78 Å². The van der Waals surface area contributed by atoms with Crippen molar-refractivity contribution in [3.63, 3.8) is 0 Å². The van der Waals surface area contributed by atoms with Gasteiger partial charge in [0.05, 0.1) is 9.21 Å². The molecule has 0 aliphatic heterocycles. The third kappa shape index (κ3) is 3.93. The highest BCUT2D eigenvalue weighted by Gasteiger charge is 2.17. The number of carbonyl (C=O) groups excluding carboxylic acids is 1. The van der Waals surface area contributed by atoms with Crippen molar-refractivity contribution in [3.8, 4) is 0 Å². The van der Waals surface area contributed by atoms with E-state index in [9.17, 15) is 4.79 Å². The highest BCUT2D eigenvalue weighted by Crippen LogP contribution is 2.23. The lowest BCUT2D eigenvalue weighted by atomic mass is 10.2. The maximum atomic E-state index is 11.8. The number of unbranched alkanes of at least 4 members (excludes halogenated alkanes) is 1. The second-order valence-corrected chi connectivity index (χ2v) is 5.05. The second kappa shape index (κ2) is 6.26. The molecule has 0 radical (unpaired) electrons. The van der Waals surface area contributed by atoms with Crippen LogP contribution in [0.15, 0.2) is 12.1 Å². The molecular formula is C11H15ClO2S. The third-order valence-electron chi connectivity index (χ3n) is 2.05. The molecule has 1 atom stereocenters. The zero-order chi connectivity index (χ0) is 11.3. The van der Waals surface area contributed by atoms with Gasteiger partial charge in [-0.2, -0.15) is 0 Å². The number of Topliss-reactive ketones (excluding diaryl/α,β-unsaturated/α-hetero) is 1. The minimum atomic E-state index is -0.369. The standard InChI is InChI=1S/C11H15ClO2S/c1-3-4-7-14-8(2)11(13)9-5-6-10(12)15-9/h5-6,8H,3-4,7H2,1-2H3. The van der Waals surface area contributed by atoms with E-state index in [1.54, 1.807) is 19.1 Å². The van der Waals surface area contributed by atoms with Crippen molar-refractivity contribution in [2.24, 2.45) is 0 Å². The largest absolute Gasteiger partial charge is 0.370 e. The Kier molecular flexibility index (Phi) is 5.29. The van der Waals surface area contributed by atoms with Gasteiger partial charge in [-0.3, -0.25) is 4.79 Å². The van der Waals surface area contributed by atoms with Crippen molar-refractivity contribution in [1.29, 1.82) is 0 Å². The summed E-state index contributed by atoms with van der Waals surface area (Å²) in [5.74, 6) is 0.0167. The molecule has 1 aromatic heterocycles. The van der Waals surface area contributed by atoms with Gasteiger partial charge < -0.3 is 4.74 Å². The van der Waals surface area contributed by atoms with Gasteiger partial charge in [0.25, 0.3) is 0 Å². The summed E-state index contributed by atoms with van der Waals surface area (Å²) in [5, 5.41) is 0. The molecule has 1 rings (SSSR count). The summed E-state index contributed by atoms with van der Waals surface area (Å²) in [4.78, 5) is 12.4. The normalized spacial score (nSPS) is 12.7. The third-order valence-corrected chi connectivity index (χ3v) is 3.30. The fourth-order valence-electron chi connectivity index (χ4n) is 1.13. The predicted molar refractivity (Wildman–Crippen MR) is 64.0 cm³/mol. The number of hydrogen-bond donors (Lipinski definition) is 0. The summed E-state index contributed by atoms with van der Waals surface area (Å²) >= 11 is 7.06. The molecule has 0 bridgehead atoms. The Labute approximate surface area is 99.2 Å². The zero-order valence-electron chi connectivity index (χ0n) is 8.96. The Bertz CT molecular complexity index is 322. The summed E-state index contributed by atoms with van der Waals surface area (Å²) < 4.78 is 6.06. The first-order valence-corrected chi connectivity index (χ1v) is 6.25. The van der Waals surface area contributed by atoms with Crippen LogP contribution >= 0.6 is 22.9 Å². The summed E-state index contributed by atoms with van der Waals surface area (Å²) in [6, 6.07) is 3.48. The van der Waals surface area contributed by atoms with E-state index < -0.39 is 0 Å². The van der Waals surface area contributed by atoms with Crippen LogP contribution in [0.1, 0.15) is 36.4 Å². The van der Waals surface area contributed by atoms with Crippen molar-refractivity contribution in [3.05, 3.63) is 21.3 Å². The molecule has 0 spiro atoms. The average molecular weight is 247 g/mol. The Morgan fingerprint density at radius 2 is 2.33 bits per heavy atom. The summed E-state index contributed by atoms with van der Waals surface area (Å²) in [5.41, 5.74) is 0. The average Bonchev–Trinajstić information content (AvgIpc) is 2.64. The van der Waals surface area contributed by atoms with Gasteiger partial charge >= 0.3 is 0 Å². The van der Waals surface area contributed by atoms with Gasteiger partial charge in [-0.1, -0.05) is 24.9 Å². The van der Waals surface area contributed by atoms with Gasteiger partial charge in [0.15, 0.2) is 0 Å². The lowest BCUT2D eigenvalue weighted by Gasteiger charge is -2.10. The molecular weight excluding hydrogens is 232 g/mol. The summed E-state index contributed by atoms with van der Waals surface area (Å²) in [7, 11) is 0. The molecule has 0 N–H and O–H groups in total. The van der Waals surface area contributed by atoms with Gasteiger partial charge in [-0.05, 0) is 25.5 Å². The number of hydrogen-bond acceptors (Lipinski definition) is 3. The molecule has 1 aromatic rings. The molecule has 0 fully saturated rings. The SMILES string of the molecule is CCCCOC(C)C(=O)c1ccc(Cl)s1. The number of carbonyl (C=O) groups is 1. The van der Waals surface area contributed by atoms with E-state index in [0.29, 0.717) is 15.8 Å². The highest BCUT2D eigenvalue weighted by atomic mass is 35.5. The Hall–Kier alpha value is -0.380. The molecule has 84 valence electrons. The Balaban J connectivity index is 2.46. The summed E-state index contributed by atoms with van der Waals surface area (Å²) in [6.45, 7) is 4.52. The van der Waals surface area contributed by atoms with Gasteiger partial charge in [0.1, 0.15) is 6.10 Å². The summed E-state index contributed by atoms with van der Waals surface area (Å²) in [6.07, 6.45) is 1.69. The Morgan fingerprint density at radius 3 is 2.87 bits per heavy atom. The van der Waals surface area contributed by atoms with Crippen molar-refractivity contribution >= 4 is 28.7 Å². The fraction of sp³-hybridized carbons (Fsp3) is 0.545. The molecule has 4 heteroatoms. The predicted octanol–water partition coefficient (Wildman–Crippen LogP) is 3.79. The van der Waals surface area contributed by atoms with E-state index in [4.69, 9.17) is 16.3 Å². The van der Waals surface area contributed by atoms with E-state index in [2.05, 4.69) is 6.92 Å². The van der Waals surface area contributed by atoms with Crippen LogP contribution in [-0.4, -0.2) is 18.5 Å². The van der Waals surface area contributed by atoms with Crippen molar-refractivity contribution in [2.75, 3.05) is 6.61 Å². The van der Waals surface area contributed by atoms with Crippen LogP contribution in [0.2, 0.25) is 4.34 Å². The van der Waals surface area contributed by atoms with Crippen molar-refractivity contribution in [1.82, 2.24) is 0 Å². The molecule has 15 heavy (non-hydrogen) atoms. The van der Waals surface area contributed by atoms with E-state index in [0.717, 1.165) is 12.8 Å². The Morgan fingerprint density at radius 1 is 1.60 bits per heavy atom. The number of halogens is 1. The first-order chi connectivity index (χ1) is 7.15. The lowest BCUT2D eigenvalue weighted by Crippen LogP contribution is -2.20. The van der Waals surface area contributed by atoms with E-state index in [-0.39, 0.29) is 11.9 Å². The maximum absolute atomic E-state index is 11.8. The van der Waals surface area contributed by atoms with Gasteiger partial charge in [-0.15, -0.1) is 11.3 Å². The van der Waals surface area contributed by atoms with Crippen LogP contribution in [0.4, 0.5) is 0 Å². The molecule has 0 aromatic carbocycles. The number of ether oxygens (including phenoxy) is 1. The van der Waals surface area contributed by atoms with E-state index in [1.807, 2.05) is 0 Å². The van der Waals surface area contributed by atoms with Crippen LogP contribution in [0, 0.1) is 0 Å². The van der Waals surface area contributed by atoms with E-state index >= 15 is 0 Å². The van der Waals surface area contributed by atoms with Crippen molar-refractivity contribution < 1.29 is 9.53 Å². The maximum Gasteiger partial charge on any atom is 0.201 e. The first kappa shape index (κ1) is 12.7. The fourth-order valence-corrected chi connectivity index (χ4v) is 2.19. The molecule has 0 amide bonds. The minimum absolute atomic E-state index is 0.0167. The van der Waals surface area contributed by atoms with Gasteiger partial charge in [-0.25, -0.2) is 0 Å². The molecule has 1 unspecified atom stereocenters. The first-order valence-electron chi connectivity index (χ1n) is 5.06. The molecule has 0 aliphatic carbocycles. The molecule has 0 saturated heterocycles. The number of thiophene rings is 1. The van der Waals surface area contributed by atoms with Crippen molar-refractivity contribution in [2.45, 2.75) is 32.8 Å². The monoisotopic (exact) mass is 246 g/mol. The minimum Gasteiger partial charge on any atom is -0.370 e. The van der Waals surface area contributed by atoms with Crippen LogP contribution < -0.4 is 0 Å². The topological polar surface area (TPSA) is 26.3 Å². The number of ketones is 1. The zero-order valence-corrected chi connectivity index (χ0v) is 10.5. The molecule has 0 aliphatic rings. The van der Waals surface area contributed by atoms with E-state index in [1.165, 1.54) is 11.3 Å². The van der Waals surface area contributed by atoms with Crippen LogP contribution in [0.5, 0.6) is 0 Å². The molecule has 0 saturated carbocycles. The highest BCUT2D eigenvalue weighted by molar-refractivity contribution is 7.18. The molecule has 2 nitrogen and oxygen atoms in total. The van der Waals surface area contributed by atoms with Crippen LogP contribution in [0.25, 0.3) is 0 Å². The van der Waals surface area contributed by atoms with Gasteiger partial charge in [0, 0.05) is 6.61 Å². The van der Waals surface area contributed by atoms with Crippen LogP contribution in [-0.2, 0) is 4.74 Å². The second-order valence-electron chi connectivity index (χ2n) is 3.33. The molecule has 1 heterocycles. The van der Waals surface area contributed by atoms with Crippen LogP contribution in [0.3, 0.4) is 0 Å². The quantitative estimate of drug-likeness (QED) is 0.564.